The number of hydrogen-bond donors (Lipinski definition) is 3. The Hall–Kier alpha value is -0.610. The number of carbonyl (C=O) groups excluding carboxylic acids is 1. The Labute approximate surface area is 91.4 Å². The van der Waals surface area contributed by atoms with Crippen molar-refractivity contribution < 1.29 is 9.90 Å². The van der Waals surface area contributed by atoms with Crippen LogP contribution >= 0.6 is 0 Å². The zero-order valence-corrected chi connectivity index (χ0v) is 9.68. The van der Waals surface area contributed by atoms with E-state index in [1.165, 1.54) is 0 Å². The maximum atomic E-state index is 11.5. The number of aliphatic hydroxyl groups is 1. The van der Waals surface area contributed by atoms with Crippen LogP contribution in [0.1, 0.15) is 39.5 Å². The molecule has 4 heteroatoms. The molecular formula is C11H22N2O2. The molecule has 1 unspecified atom stereocenters. The van der Waals surface area contributed by atoms with Gasteiger partial charge in [0.15, 0.2) is 0 Å². The van der Waals surface area contributed by atoms with Crippen LogP contribution in [-0.2, 0) is 4.79 Å². The molecule has 4 nitrogen and oxygen atoms in total. The summed E-state index contributed by atoms with van der Waals surface area (Å²) < 4.78 is 0. The third kappa shape index (κ3) is 3.47. The normalized spacial score (nSPS) is 20.5. The van der Waals surface area contributed by atoms with E-state index in [1.807, 2.05) is 13.8 Å². The summed E-state index contributed by atoms with van der Waals surface area (Å²) in [6.45, 7) is 4.47. The van der Waals surface area contributed by atoms with Gasteiger partial charge in [-0.1, -0.05) is 6.92 Å². The van der Waals surface area contributed by atoms with Crippen molar-refractivity contribution in [2.75, 3.05) is 13.2 Å². The Kier molecular flexibility index (Phi) is 4.54. The monoisotopic (exact) mass is 214 g/mol. The highest BCUT2D eigenvalue weighted by Crippen LogP contribution is 2.30. The number of hydrogen-bond acceptors (Lipinski definition) is 3. The molecule has 0 aromatic rings. The highest BCUT2D eigenvalue weighted by molar-refractivity contribution is 5.78. The Bertz CT molecular complexity index is 209. The average molecular weight is 214 g/mol. The lowest BCUT2D eigenvalue weighted by Gasteiger charge is -2.41. The van der Waals surface area contributed by atoms with Gasteiger partial charge in [-0.15, -0.1) is 0 Å². The molecule has 1 amide bonds. The SMILES string of the molecule is CCC(C)NC(=O)CNC1(CO)CCC1. The predicted octanol–water partition coefficient (Wildman–Crippen LogP) is 0.406. The second-order valence-corrected chi connectivity index (χ2v) is 4.52. The summed E-state index contributed by atoms with van der Waals surface area (Å²) in [6.07, 6.45) is 4.03. The first-order valence-electron chi connectivity index (χ1n) is 5.77. The van der Waals surface area contributed by atoms with E-state index in [-0.39, 0.29) is 24.1 Å². The quantitative estimate of drug-likeness (QED) is 0.600. The van der Waals surface area contributed by atoms with E-state index in [4.69, 9.17) is 0 Å². The third-order valence-electron chi connectivity index (χ3n) is 3.26. The van der Waals surface area contributed by atoms with E-state index in [0.717, 1.165) is 25.7 Å². The molecule has 15 heavy (non-hydrogen) atoms. The third-order valence-corrected chi connectivity index (χ3v) is 3.26. The zero-order chi connectivity index (χ0) is 11.3. The van der Waals surface area contributed by atoms with Crippen LogP contribution in [0.15, 0.2) is 0 Å². The van der Waals surface area contributed by atoms with Crippen molar-refractivity contribution in [3.63, 3.8) is 0 Å². The molecule has 0 aromatic carbocycles. The van der Waals surface area contributed by atoms with Crippen LogP contribution in [0.5, 0.6) is 0 Å². The molecule has 1 fully saturated rings. The molecule has 1 aliphatic carbocycles. The topological polar surface area (TPSA) is 61.4 Å². The van der Waals surface area contributed by atoms with Crippen molar-refractivity contribution in [3.05, 3.63) is 0 Å². The summed E-state index contributed by atoms with van der Waals surface area (Å²) >= 11 is 0. The largest absolute Gasteiger partial charge is 0.394 e. The zero-order valence-electron chi connectivity index (χ0n) is 9.68. The summed E-state index contributed by atoms with van der Waals surface area (Å²) in [5.74, 6) is 0.0177. The second-order valence-electron chi connectivity index (χ2n) is 4.52. The summed E-state index contributed by atoms with van der Waals surface area (Å²) in [4.78, 5) is 11.5. The number of rotatable bonds is 6. The molecule has 0 bridgehead atoms. The molecule has 1 saturated carbocycles. The molecule has 3 N–H and O–H groups in total. The summed E-state index contributed by atoms with van der Waals surface area (Å²) in [5.41, 5.74) is -0.174. The van der Waals surface area contributed by atoms with Crippen LogP contribution in [0.2, 0.25) is 0 Å². The van der Waals surface area contributed by atoms with Crippen molar-refractivity contribution in [3.8, 4) is 0 Å². The van der Waals surface area contributed by atoms with Gasteiger partial charge in [0.1, 0.15) is 0 Å². The Morgan fingerprint density at radius 1 is 1.53 bits per heavy atom. The number of aliphatic hydroxyl groups excluding tert-OH is 1. The summed E-state index contributed by atoms with van der Waals surface area (Å²) in [7, 11) is 0. The lowest BCUT2D eigenvalue weighted by atomic mass is 9.77. The van der Waals surface area contributed by atoms with Crippen molar-refractivity contribution >= 4 is 5.91 Å². The maximum absolute atomic E-state index is 11.5. The van der Waals surface area contributed by atoms with Gasteiger partial charge >= 0.3 is 0 Å². The van der Waals surface area contributed by atoms with E-state index >= 15 is 0 Å². The predicted molar refractivity (Wildman–Crippen MR) is 59.6 cm³/mol. The molecule has 1 rings (SSSR count). The Morgan fingerprint density at radius 2 is 2.20 bits per heavy atom. The molecular weight excluding hydrogens is 192 g/mol. The van der Waals surface area contributed by atoms with Crippen LogP contribution in [0.4, 0.5) is 0 Å². The van der Waals surface area contributed by atoms with Gasteiger partial charge < -0.3 is 15.7 Å². The fourth-order valence-corrected chi connectivity index (χ4v) is 1.69. The molecule has 0 aliphatic heterocycles. The fraction of sp³-hybridized carbons (Fsp3) is 0.909. The van der Waals surface area contributed by atoms with E-state index in [1.54, 1.807) is 0 Å². The lowest BCUT2D eigenvalue weighted by molar-refractivity contribution is -0.121. The van der Waals surface area contributed by atoms with Gasteiger partial charge in [-0.05, 0) is 32.6 Å². The van der Waals surface area contributed by atoms with E-state index in [9.17, 15) is 9.90 Å². The molecule has 0 aromatic heterocycles. The minimum atomic E-state index is -0.174. The van der Waals surface area contributed by atoms with E-state index < -0.39 is 0 Å². The van der Waals surface area contributed by atoms with E-state index in [0.29, 0.717) is 6.54 Å². The highest BCUT2D eigenvalue weighted by atomic mass is 16.3. The first-order chi connectivity index (χ1) is 7.12. The van der Waals surface area contributed by atoms with Crippen molar-refractivity contribution in [2.24, 2.45) is 0 Å². The highest BCUT2D eigenvalue weighted by Gasteiger charge is 2.35. The van der Waals surface area contributed by atoms with Crippen molar-refractivity contribution in [1.82, 2.24) is 10.6 Å². The first-order valence-corrected chi connectivity index (χ1v) is 5.77. The smallest absolute Gasteiger partial charge is 0.234 e. The number of nitrogens with one attached hydrogen (secondary N) is 2. The number of carbonyl (C=O) groups is 1. The molecule has 88 valence electrons. The van der Waals surface area contributed by atoms with Gasteiger partial charge in [-0.3, -0.25) is 4.79 Å². The standard InChI is InChI=1S/C11H22N2O2/c1-3-9(2)13-10(15)7-12-11(8-14)5-4-6-11/h9,12,14H,3-8H2,1-2H3,(H,13,15). The van der Waals surface area contributed by atoms with E-state index in [2.05, 4.69) is 10.6 Å². The van der Waals surface area contributed by atoms with Crippen molar-refractivity contribution in [1.29, 1.82) is 0 Å². The van der Waals surface area contributed by atoms with Crippen LogP contribution in [0.25, 0.3) is 0 Å². The van der Waals surface area contributed by atoms with Crippen LogP contribution in [0, 0.1) is 0 Å². The minimum Gasteiger partial charge on any atom is -0.394 e. The van der Waals surface area contributed by atoms with Crippen LogP contribution in [-0.4, -0.2) is 35.7 Å². The second kappa shape index (κ2) is 5.47. The molecule has 0 heterocycles. The van der Waals surface area contributed by atoms with Crippen LogP contribution < -0.4 is 10.6 Å². The van der Waals surface area contributed by atoms with Gasteiger partial charge in [0, 0.05) is 11.6 Å². The minimum absolute atomic E-state index is 0.0177. The molecule has 0 saturated heterocycles. The van der Waals surface area contributed by atoms with Gasteiger partial charge in [0.25, 0.3) is 0 Å². The van der Waals surface area contributed by atoms with Gasteiger partial charge in [0.05, 0.1) is 13.2 Å². The fourth-order valence-electron chi connectivity index (χ4n) is 1.69. The Morgan fingerprint density at radius 3 is 2.60 bits per heavy atom. The average Bonchev–Trinajstić information content (AvgIpc) is 2.16. The molecule has 1 aliphatic rings. The maximum Gasteiger partial charge on any atom is 0.234 e. The van der Waals surface area contributed by atoms with Gasteiger partial charge in [-0.2, -0.15) is 0 Å². The van der Waals surface area contributed by atoms with Gasteiger partial charge in [-0.25, -0.2) is 0 Å². The van der Waals surface area contributed by atoms with Crippen molar-refractivity contribution in [2.45, 2.75) is 51.1 Å². The summed E-state index contributed by atoms with van der Waals surface area (Å²) in [6, 6.07) is 0.228. The lowest BCUT2D eigenvalue weighted by Crippen LogP contribution is -2.56. The molecule has 0 spiro atoms. The first kappa shape index (κ1) is 12.5. The molecule has 0 radical (unpaired) electrons. The summed E-state index contributed by atoms with van der Waals surface area (Å²) in [5, 5.41) is 15.2. The molecule has 1 atom stereocenters. The number of amides is 1. The van der Waals surface area contributed by atoms with Crippen LogP contribution in [0.3, 0.4) is 0 Å². The van der Waals surface area contributed by atoms with Gasteiger partial charge in [0.2, 0.25) is 5.91 Å². The Balaban J connectivity index is 2.21.